The van der Waals surface area contributed by atoms with Gasteiger partial charge in [0.15, 0.2) is 6.10 Å². The number of aliphatic hydroxyl groups is 2. The molecule has 0 bridgehead atoms. The molecule has 0 saturated heterocycles. The first-order valence-electron chi connectivity index (χ1n) is 6.75. The van der Waals surface area contributed by atoms with Crippen molar-refractivity contribution in [1.82, 2.24) is 5.32 Å². The quantitative estimate of drug-likeness (QED) is 0.649. The standard InChI is InChI=1S/C15H21NO6/c1-15(2,3)22-14(21)16-8-9-5-4-6-10(7-9)11(17)12(18)13(19)20/h4-7,11-12,17-18H,8H2,1-3H3,(H,16,21)(H,19,20). The molecule has 2 atom stereocenters. The van der Waals surface area contributed by atoms with Crippen LogP contribution in [-0.2, 0) is 16.1 Å². The van der Waals surface area contributed by atoms with Crippen molar-refractivity contribution in [2.75, 3.05) is 0 Å². The summed E-state index contributed by atoms with van der Waals surface area (Å²) >= 11 is 0. The summed E-state index contributed by atoms with van der Waals surface area (Å²) in [4.78, 5) is 22.2. The summed E-state index contributed by atoms with van der Waals surface area (Å²) in [6.07, 6.45) is -4.03. The van der Waals surface area contributed by atoms with Crippen LogP contribution in [-0.4, -0.2) is 39.1 Å². The second-order valence-electron chi connectivity index (χ2n) is 5.83. The van der Waals surface area contributed by atoms with Crippen LogP contribution in [0.1, 0.15) is 38.0 Å². The normalized spacial score (nSPS) is 14.0. The zero-order valence-corrected chi connectivity index (χ0v) is 12.7. The van der Waals surface area contributed by atoms with Gasteiger partial charge in [0, 0.05) is 6.54 Å². The lowest BCUT2D eigenvalue weighted by Crippen LogP contribution is -2.32. The summed E-state index contributed by atoms with van der Waals surface area (Å²) < 4.78 is 5.09. The minimum absolute atomic E-state index is 0.151. The van der Waals surface area contributed by atoms with Crippen LogP contribution in [0.25, 0.3) is 0 Å². The summed E-state index contributed by atoms with van der Waals surface area (Å²) in [5.41, 5.74) is 0.284. The van der Waals surface area contributed by atoms with E-state index in [0.29, 0.717) is 5.56 Å². The van der Waals surface area contributed by atoms with Gasteiger partial charge in [0.2, 0.25) is 0 Å². The van der Waals surface area contributed by atoms with E-state index in [4.69, 9.17) is 9.84 Å². The van der Waals surface area contributed by atoms with E-state index in [1.165, 1.54) is 12.1 Å². The molecule has 2 unspecified atom stereocenters. The highest BCUT2D eigenvalue weighted by molar-refractivity contribution is 5.73. The monoisotopic (exact) mass is 311 g/mol. The Hall–Kier alpha value is -2.12. The van der Waals surface area contributed by atoms with Crippen LogP contribution in [0.2, 0.25) is 0 Å². The molecule has 22 heavy (non-hydrogen) atoms. The fraction of sp³-hybridized carbons (Fsp3) is 0.467. The molecule has 7 nitrogen and oxygen atoms in total. The Morgan fingerprint density at radius 3 is 2.45 bits per heavy atom. The topological polar surface area (TPSA) is 116 Å². The molecular weight excluding hydrogens is 290 g/mol. The lowest BCUT2D eigenvalue weighted by atomic mass is 10.0. The Morgan fingerprint density at radius 2 is 1.91 bits per heavy atom. The van der Waals surface area contributed by atoms with Crippen LogP contribution in [0.3, 0.4) is 0 Å². The Balaban J connectivity index is 2.69. The van der Waals surface area contributed by atoms with Gasteiger partial charge in [-0.25, -0.2) is 9.59 Å². The van der Waals surface area contributed by atoms with Gasteiger partial charge in [0.1, 0.15) is 11.7 Å². The van der Waals surface area contributed by atoms with Crippen molar-refractivity contribution >= 4 is 12.1 Å². The fourth-order valence-corrected chi connectivity index (χ4v) is 1.69. The van der Waals surface area contributed by atoms with E-state index in [1.807, 2.05) is 0 Å². The zero-order chi connectivity index (χ0) is 16.9. The highest BCUT2D eigenvalue weighted by Gasteiger charge is 2.25. The first-order valence-corrected chi connectivity index (χ1v) is 6.75. The maximum Gasteiger partial charge on any atom is 0.407 e. The molecule has 0 aromatic heterocycles. The van der Waals surface area contributed by atoms with Gasteiger partial charge < -0.3 is 25.4 Å². The number of amides is 1. The van der Waals surface area contributed by atoms with Gasteiger partial charge in [-0.05, 0) is 31.9 Å². The van der Waals surface area contributed by atoms with Crippen molar-refractivity contribution in [3.05, 3.63) is 35.4 Å². The second kappa shape index (κ2) is 7.24. The van der Waals surface area contributed by atoms with Crippen molar-refractivity contribution < 1.29 is 29.6 Å². The molecule has 0 radical (unpaired) electrons. The lowest BCUT2D eigenvalue weighted by molar-refractivity contribution is -0.153. The van der Waals surface area contributed by atoms with Crippen LogP contribution in [0.15, 0.2) is 24.3 Å². The molecule has 1 aromatic rings. The van der Waals surface area contributed by atoms with Crippen LogP contribution in [0, 0.1) is 0 Å². The highest BCUT2D eigenvalue weighted by Crippen LogP contribution is 2.18. The van der Waals surface area contributed by atoms with Crippen LogP contribution >= 0.6 is 0 Å². The lowest BCUT2D eigenvalue weighted by Gasteiger charge is -2.20. The summed E-state index contributed by atoms with van der Waals surface area (Å²) in [7, 11) is 0. The molecule has 1 aromatic carbocycles. The average molecular weight is 311 g/mol. The first-order chi connectivity index (χ1) is 10.1. The third-order valence-corrected chi connectivity index (χ3v) is 2.68. The maximum atomic E-state index is 11.5. The number of carboxylic acid groups (broad SMARTS) is 1. The zero-order valence-electron chi connectivity index (χ0n) is 12.7. The average Bonchev–Trinajstić information content (AvgIpc) is 2.42. The minimum atomic E-state index is -1.91. The largest absolute Gasteiger partial charge is 0.479 e. The van der Waals surface area contributed by atoms with Gasteiger partial charge in [-0.1, -0.05) is 24.3 Å². The third-order valence-electron chi connectivity index (χ3n) is 2.68. The molecule has 1 amide bonds. The van der Waals surface area contributed by atoms with E-state index >= 15 is 0 Å². The molecule has 0 saturated carbocycles. The molecule has 1 rings (SSSR count). The smallest absolute Gasteiger partial charge is 0.407 e. The van der Waals surface area contributed by atoms with E-state index in [9.17, 15) is 19.8 Å². The molecule has 0 spiro atoms. The number of hydrogen-bond donors (Lipinski definition) is 4. The van der Waals surface area contributed by atoms with Crippen molar-refractivity contribution in [3.8, 4) is 0 Å². The van der Waals surface area contributed by atoms with E-state index in [2.05, 4.69) is 5.32 Å². The predicted octanol–water partition coefficient (Wildman–Crippen LogP) is 1.19. The summed E-state index contributed by atoms with van der Waals surface area (Å²) in [6.45, 7) is 5.39. The van der Waals surface area contributed by atoms with Crippen molar-refractivity contribution in [1.29, 1.82) is 0 Å². The number of hydrogen-bond acceptors (Lipinski definition) is 5. The predicted molar refractivity (Wildman–Crippen MR) is 78.1 cm³/mol. The van der Waals surface area contributed by atoms with Gasteiger partial charge in [0.05, 0.1) is 0 Å². The number of aliphatic hydroxyl groups excluding tert-OH is 2. The molecule has 0 heterocycles. The summed E-state index contributed by atoms with van der Waals surface area (Å²) in [6, 6.07) is 6.29. The molecule has 0 aliphatic carbocycles. The van der Waals surface area contributed by atoms with Crippen molar-refractivity contribution in [3.63, 3.8) is 0 Å². The molecule has 4 N–H and O–H groups in total. The van der Waals surface area contributed by atoms with Gasteiger partial charge in [-0.15, -0.1) is 0 Å². The molecule has 7 heteroatoms. The number of rotatable bonds is 5. The highest BCUT2D eigenvalue weighted by atomic mass is 16.6. The summed E-state index contributed by atoms with van der Waals surface area (Å²) in [5, 5.41) is 30.4. The first kappa shape index (κ1) is 17.9. The van der Waals surface area contributed by atoms with Crippen molar-refractivity contribution in [2.24, 2.45) is 0 Å². The second-order valence-corrected chi connectivity index (χ2v) is 5.83. The number of aliphatic carboxylic acids is 1. The molecule has 0 fully saturated rings. The van der Waals surface area contributed by atoms with Gasteiger partial charge in [-0.3, -0.25) is 0 Å². The molecular formula is C15H21NO6. The molecule has 0 aliphatic rings. The van der Waals surface area contributed by atoms with Crippen LogP contribution in [0.5, 0.6) is 0 Å². The van der Waals surface area contributed by atoms with Gasteiger partial charge in [0.25, 0.3) is 0 Å². The fourth-order valence-electron chi connectivity index (χ4n) is 1.69. The number of carbonyl (C=O) groups is 2. The Morgan fingerprint density at radius 1 is 1.27 bits per heavy atom. The number of carboxylic acids is 1. The molecule has 122 valence electrons. The Labute approximate surface area is 128 Å². The number of alkyl carbamates (subject to hydrolysis) is 1. The number of benzene rings is 1. The van der Waals surface area contributed by atoms with Gasteiger partial charge in [-0.2, -0.15) is 0 Å². The van der Waals surface area contributed by atoms with E-state index < -0.39 is 29.9 Å². The van der Waals surface area contributed by atoms with E-state index in [-0.39, 0.29) is 12.1 Å². The minimum Gasteiger partial charge on any atom is -0.479 e. The van der Waals surface area contributed by atoms with E-state index in [0.717, 1.165) is 0 Å². The van der Waals surface area contributed by atoms with Crippen LogP contribution < -0.4 is 5.32 Å². The molecule has 0 aliphatic heterocycles. The van der Waals surface area contributed by atoms with E-state index in [1.54, 1.807) is 32.9 Å². The number of nitrogens with one attached hydrogen (secondary N) is 1. The maximum absolute atomic E-state index is 11.5. The Bertz CT molecular complexity index is 537. The number of ether oxygens (including phenoxy) is 1. The Kier molecular flexibility index (Phi) is 5.90. The van der Waals surface area contributed by atoms with Crippen molar-refractivity contribution in [2.45, 2.75) is 45.1 Å². The number of carbonyl (C=O) groups excluding carboxylic acids is 1. The van der Waals surface area contributed by atoms with Crippen LogP contribution in [0.4, 0.5) is 4.79 Å². The SMILES string of the molecule is CC(C)(C)OC(=O)NCc1cccc(C(O)C(O)C(=O)O)c1. The van der Waals surface area contributed by atoms with Gasteiger partial charge >= 0.3 is 12.1 Å². The summed E-state index contributed by atoms with van der Waals surface area (Å²) in [5.74, 6) is -1.51. The third kappa shape index (κ3) is 5.71.